The summed E-state index contributed by atoms with van der Waals surface area (Å²) in [7, 11) is 0. The van der Waals surface area contributed by atoms with Crippen LogP contribution < -0.4 is 5.32 Å². The Hall–Kier alpha value is -0.860. The van der Waals surface area contributed by atoms with E-state index in [1.807, 2.05) is 0 Å². The lowest BCUT2D eigenvalue weighted by molar-refractivity contribution is -0.000885. The Kier molecular flexibility index (Phi) is 4.97. The van der Waals surface area contributed by atoms with Crippen LogP contribution >= 0.6 is 0 Å². The van der Waals surface area contributed by atoms with Gasteiger partial charge in [0.15, 0.2) is 0 Å². The highest BCUT2D eigenvalue weighted by molar-refractivity contribution is 5.20. The Labute approximate surface area is 99.0 Å². The van der Waals surface area contributed by atoms with Crippen molar-refractivity contribution in [2.45, 2.75) is 39.8 Å². The van der Waals surface area contributed by atoms with Crippen LogP contribution in [0.25, 0.3) is 0 Å². The van der Waals surface area contributed by atoms with Crippen LogP contribution in [-0.4, -0.2) is 18.8 Å². The minimum absolute atomic E-state index is 0.0362. The summed E-state index contributed by atoms with van der Waals surface area (Å²) in [5.41, 5.74) is 2.59. The van der Waals surface area contributed by atoms with Crippen LogP contribution in [0.5, 0.6) is 0 Å². The van der Waals surface area contributed by atoms with Gasteiger partial charge in [0.25, 0.3) is 0 Å². The van der Waals surface area contributed by atoms with Crippen LogP contribution in [0.1, 0.15) is 31.9 Å². The molecule has 1 rings (SSSR count). The molecule has 0 amide bonds. The van der Waals surface area contributed by atoms with E-state index in [1.165, 1.54) is 11.1 Å². The number of benzene rings is 1. The van der Waals surface area contributed by atoms with Gasteiger partial charge >= 0.3 is 0 Å². The van der Waals surface area contributed by atoms with Gasteiger partial charge in [0, 0.05) is 13.1 Å². The summed E-state index contributed by atoms with van der Waals surface area (Å²) < 4.78 is 5.62. The molecule has 0 saturated carbocycles. The molecule has 2 heteroatoms. The summed E-state index contributed by atoms with van der Waals surface area (Å²) in [6.45, 7) is 10.9. The fourth-order valence-corrected chi connectivity index (χ4v) is 1.37. The third kappa shape index (κ3) is 5.89. The van der Waals surface area contributed by atoms with Gasteiger partial charge in [-0.25, -0.2) is 0 Å². The molecule has 0 aliphatic carbocycles. The first-order valence-electron chi connectivity index (χ1n) is 5.87. The topological polar surface area (TPSA) is 21.3 Å². The Morgan fingerprint density at radius 3 is 2.31 bits per heavy atom. The molecule has 0 heterocycles. The number of nitrogens with one attached hydrogen (secondary N) is 1. The van der Waals surface area contributed by atoms with Crippen molar-refractivity contribution >= 4 is 0 Å². The summed E-state index contributed by atoms with van der Waals surface area (Å²) in [6, 6.07) is 8.60. The van der Waals surface area contributed by atoms with Gasteiger partial charge in [-0.2, -0.15) is 0 Å². The lowest BCUT2D eigenvalue weighted by atomic mass is 10.1. The fraction of sp³-hybridized carbons (Fsp3) is 0.571. The monoisotopic (exact) mass is 221 g/mol. The van der Waals surface area contributed by atoms with Gasteiger partial charge in [-0.05, 0) is 33.3 Å². The first-order chi connectivity index (χ1) is 7.47. The van der Waals surface area contributed by atoms with Gasteiger partial charge in [0.2, 0.25) is 0 Å². The Morgan fingerprint density at radius 2 is 1.75 bits per heavy atom. The van der Waals surface area contributed by atoms with E-state index in [-0.39, 0.29) is 5.60 Å². The van der Waals surface area contributed by atoms with E-state index in [4.69, 9.17) is 4.74 Å². The molecule has 0 spiro atoms. The average molecular weight is 221 g/mol. The molecule has 0 fully saturated rings. The molecule has 90 valence electrons. The summed E-state index contributed by atoms with van der Waals surface area (Å²) in [5, 5.41) is 3.37. The van der Waals surface area contributed by atoms with Crippen LogP contribution in [0.2, 0.25) is 0 Å². The Bertz CT molecular complexity index is 298. The Morgan fingerprint density at radius 1 is 1.12 bits per heavy atom. The average Bonchev–Trinajstić information content (AvgIpc) is 2.19. The highest BCUT2D eigenvalue weighted by Crippen LogP contribution is 2.05. The van der Waals surface area contributed by atoms with Crippen LogP contribution in [-0.2, 0) is 11.3 Å². The predicted octanol–water partition coefficient (Wildman–Crippen LogP) is 2.90. The third-order valence-electron chi connectivity index (χ3n) is 2.26. The zero-order valence-corrected chi connectivity index (χ0v) is 10.8. The first-order valence-corrected chi connectivity index (χ1v) is 5.87. The second-order valence-electron chi connectivity index (χ2n) is 5.12. The molecule has 1 N–H and O–H groups in total. The van der Waals surface area contributed by atoms with Gasteiger partial charge in [0.05, 0.1) is 12.2 Å². The van der Waals surface area contributed by atoms with Gasteiger partial charge < -0.3 is 10.1 Å². The van der Waals surface area contributed by atoms with Crippen molar-refractivity contribution in [2.75, 3.05) is 13.2 Å². The molecular weight excluding hydrogens is 198 g/mol. The molecule has 0 radical (unpaired) electrons. The number of ether oxygens (including phenoxy) is 1. The largest absolute Gasteiger partial charge is 0.375 e. The molecule has 16 heavy (non-hydrogen) atoms. The second kappa shape index (κ2) is 6.02. The lowest BCUT2D eigenvalue weighted by Gasteiger charge is -2.19. The molecular formula is C14H23NO. The highest BCUT2D eigenvalue weighted by Gasteiger charge is 2.08. The predicted molar refractivity (Wildman–Crippen MR) is 68.6 cm³/mol. The normalized spacial score (nSPS) is 11.8. The first kappa shape index (κ1) is 13.2. The summed E-state index contributed by atoms with van der Waals surface area (Å²) >= 11 is 0. The van der Waals surface area contributed by atoms with Crippen LogP contribution in [0.15, 0.2) is 24.3 Å². The lowest BCUT2D eigenvalue weighted by Crippen LogP contribution is -2.26. The van der Waals surface area contributed by atoms with Crippen molar-refractivity contribution in [3.8, 4) is 0 Å². The van der Waals surface area contributed by atoms with Gasteiger partial charge in [-0.3, -0.25) is 0 Å². The summed E-state index contributed by atoms with van der Waals surface area (Å²) in [6.07, 6.45) is 0. The number of aryl methyl sites for hydroxylation is 1. The summed E-state index contributed by atoms with van der Waals surface area (Å²) in [5.74, 6) is 0. The minimum Gasteiger partial charge on any atom is -0.375 e. The fourth-order valence-electron chi connectivity index (χ4n) is 1.37. The molecule has 0 aliphatic rings. The Balaban J connectivity index is 2.14. The van der Waals surface area contributed by atoms with Crippen molar-refractivity contribution in [2.24, 2.45) is 0 Å². The van der Waals surface area contributed by atoms with Crippen molar-refractivity contribution < 1.29 is 4.74 Å². The van der Waals surface area contributed by atoms with Crippen LogP contribution in [0.4, 0.5) is 0 Å². The van der Waals surface area contributed by atoms with E-state index < -0.39 is 0 Å². The van der Waals surface area contributed by atoms with Crippen molar-refractivity contribution in [1.82, 2.24) is 5.32 Å². The number of rotatable bonds is 5. The standard InChI is InChI=1S/C14H23NO/c1-12-5-7-13(8-6-12)11-15-9-10-16-14(2,3)4/h5-8,15H,9-11H2,1-4H3. The van der Waals surface area contributed by atoms with E-state index in [0.29, 0.717) is 0 Å². The maximum absolute atomic E-state index is 5.62. The van der Waals surface area contributed by atoms with Gasteiger partial charge in [-0.1, -0.05) is 29.8 Å². The SMILES string of the molecule is Cc1ccc(CNCCOC(C)(C)C)cc1. The van der Waals surface area contributed by atoms with Gasteiger partial charge in [-0.15, -0.1) is 0 Å². The molecule has 0 aliphatic heterocycles. The molecule has 0 bridgehead atoms. The maximum atomic E-state index is 5.62. The van der Waals surface area contributed by atoms with Gasteiger partial charge in [0.1, 0.15) is 0 Å². The number of hydrogen-bond donors (Lipinski definition) is 1. The van der Waals surface area contributed by atoms with Crippen molar-refractivity contribution in [3.63, 3.8) is 0 Å². The molecule has 1 aromatic carbocycles. The highest BCUT2D eigenvalue weighted by atomic mass is 16.5. The quantitative estimate of drug-likeness (QED) is 0.772. The minimum atomic E-state index is -0.0362. The molecule has 1 aromatic rings. The second-order valence-corrected chi connectivity index (χ2v) is 5.12. The zero-order valence-electron chi connectivity index (χ0n) is 10.8. The third-order valence-corrected chi connectivity index (χ3v) is 2.26. The van der Waals surface area contributed by atoms with Crippen molar-refractivity contribution in [1.29, 1.82) is 0 Å². The molecule has 2 nitrogen and oxygen atoms in total. The van der Waals surface area contributed by atoms with E-state index >= 15 is 0 Å². The number of hydrogen-bond acceptors (Lipinski definition) is 2. The molecule has 0 aromatic heterocycles. The van der Waals surface area contributed by atoms with E-state index in [0.717, 1.165) is 19.7 Å². The van der Waals surface area contributed by atoms with E-state index in [1.54, 1.807) is 0 Å². The van der Waals surface area contributed by atoms with Crippen LogP contribution in [0.3, 0.4) is 0 Å². The molecule has 0 unspecified atom stereocenters. The maximum Gasteiger partial charge on any atom is 0.0599 e. The zero-order chi connectivity index (χ0) is 12.0. The molecule has 0 saturated heterocycles. The summed E-state index contributed by atoms with van der Waals surface area (Å²) in [4.78, 5) is 0. The van der Waals surface area contributed by atoms with Crippen LogP contribution in [0, 0.1) is 6.92 Å². The smallest absolute Gasteiger partial charge is 0.0599 e. The van der Waals surface area contributed by atoms with Crippen molar-refractivity contribution in [3.05, 3.63) is 35.4 Å². The molecule has 0 atom stereocenters. The van der Waals surface area contributed by atoms with E-state index in [2.05, 4.69) is 57.3 Å². The van der Waals surface area contributed by atoms with E-state index in [9.17, 15) is 0 Å².